The van der Waals surface area contributed by atoms with E-state index in [1.165, 1.54) is 17.0 Å². The number of hydrogen-bond donors (Lipinski definition) is 2. The SMILES string of the molecule is CC(C)(C)c1cccc([PH+](c2ccccc2)C2CCCC2[PH+](c2ccccc2)c2cccc(C(C)(C)C)c2O)c1O.[Cl][Ti][Cl]. The Hall–Kier alpha value is -1.37. The standard InChI is InChI=1S/C37H44O2P2.2ClH.Ti/c1-36(2,3)28-20-13-24-32(34(28)38)40(26-16-9-7-10-17-26)30-22-15-23-31(30)41(27-18-11-8-12-19-27)33-25-14-21-29(35(33)39)37(4,5)6;;;/h7-14,16-21,24-25,30-31,38-39H,15,22-23H2,1-6H3;2*1H;/q;;;+2. The summed E-state index contributed by atoms with van der Waals surface area (Å²) in [6, 6.07) is 34.7. The van der Waals surface area contributed by atoms with E-state index in [0.29, 0.717) is 22.8 Å². The van der Waals surface area contributed by atoms with E-state index in [4.69, 9.17) is 18.6 Å². The van der Waals surface area contributed by atoms with E-state index in [0.717, 1.165) is 34.6 Å². The Balaban J connectivity index is 0.00000141. The summed E-state index contributed by atoms with van der Waals surface area (Å²) in [5.74, 6) is 0.962. The average molecular weight is 703 g/mol. The Bertz CT molecular complexity index is 1390. The Morgan fingerprint density at radius 3 is 1.23 bits per heavy atom. The van der Waals surface area contributed by atoms with E-state index < -0.39 is 32.9 Å². The molecule has 2 nitrogen and oxygen atoms in total. The molecule has 0 bridgehead atoms. The van der Waals surface area contributed by atoms with Gasteiger partial charge in [0, 0.05) is 11.1 Å². The Kier molecular flexibility index (Phi) is 12.5. The molecular formula is C37H46Cl2O2P2Ti+2. The van der Waals surface area contributed by atoms with Crippen LogP contribution in [0, 0.1) is 0 Å². The van der Waals surface area contributed by atoms with E-state index in [9.17, 15) is 10.2 Å². The molecule has 7 heteroatoms. The van der Waals surface area contributed by atoms with Crippen molar-refractivity contribution in [3.63, 3.8) is 0 Å². The Labute approximate surface area is 283 Å². The van der Waals surface area contributed by atoms with Gasteiger partial charge in [0.2, 0.25) is 0 Å². The zero-order valence-electron chi connectivity index (χ0n) is 26.7. The maximum absolute atomic E-state index is 11.8. The number of para-hydroxylation sites is 2. The number of aromatic hydroxyl groups is 2. The number of benzene rings is 4. The predicted molar refractivity (Wildman–Crippen MR) is 195 cm³/mol. The third kappa shape index (κ3) is 8.13. The summed E-state index contributed by atoms with van der Waals surface area (Å²) in [6.07, 6.45) is 3.47. The minimum absolute atomic E-state index is 0.142. The van der Waals surface area contributed by atoms with Crippen molar-refractivity contribution in [1.82, 2.24) is 0 Å². The van der Waals surface area contributed by atoms with Crippen molar-refractivity contribution in [2.24, 2.45) is 0 Å². The molecule has 4 unspecified atom stereocenters. The van der Waals surface area contributed by atoms with Gasteiger partial charge in [-0.2, -0.15) is 0 Å². The average Bonchev–Trinajstić information content (AvgIpc) is 3.44. The second kappa shape index (κ2) is 15.5. The van der Waals surface area contributed by atoms with Gasteiger partial charge in [-0.1, -0.05) is 102 Å². The molecule has 2 N–H and O–H groups in total. The van der Waals surface area contributed by atoms with E-state index in [1.807, 2.05) is 0 Å². The van der Waals surface area contributed by atoms with Crippen molar-refractivity contribution in [2.45, 2.75) is 83.0 Å². The first-order valence-corrected chi connectivity index (χ1v) is 22.8. The molecule has 1 aliphatic carbocycles. The van der Waals surface area contributed by atoms with Crippen LogP contribution in [-0.4, -0.2) is 21.5 Å². The zero-order chi connectivity index (χ0) is 32.1. The molecule has 1 fully saturated rings. The summed E-state index contributed by atoms with van der Waals surface area (Å²) < 4.78 is 0. The maximum atomic E-state index is 11.8. The van der Waals surface area contributed by atoms with Crippen molar-refractivity contribution < 1.29 is 27.2 Å². The van der Waals surface area contributed by atoms with Gasteiger partial charge in [0.25, 0.3) is 0 Å². The molecule has 0 aliphatic heterocycles. The van der Waals surface area contributed by atoms with Crippen molar-refractivity contribution in [2.75, 3.05) is 0 Å². The van der Waals surface area contributed by atoms with Crippen LogP contribution in [-0.2, 0) is 27.9 Å². The number of hydrogen-bond acceptors (Lipinski definition) is 2. The molecule has 4 atom stereocenters. The second-order valence-corrected chi connectivity index (χ2v) is 21.6. The molecule has 0 heterocycles. The fourth-order valence-corrected chi connectivity index (χ4v) is 14.6. The molecule has 0 amide bonds. The van der Waals surface area contributed by atoms with Crippen LogP contribution in [0.3, 0.4) is 0 Å². The number of halogens is 2. The number of phenols is 2. The Morgan fingerprint density at radius 1 is 0.568 bits per heavy atom. The van der Waals surface area contributed by atoms with Crippen molar-refractivity contribution in [1.29, 1.82) is 0 Å². The Morgan fingerprint density at radius 2 is 0.909 bits per heavy atom. The quantitative estimate of drug-likeness (QED) is 0.156. The van der Waals surface area contributed by atoms with Crippen LogP contribution in [0.4, 0.5) is 0 Å². The molecule has 1 saturated carbocycles. The van der Waals surface area contributed by atoms with E-state index in [2.05, 4.69) is 139 Å². The molecule has 5 rings (SSSR count). The molecule has 4 aromatic rings. The molecule has 4 aromatic carbocycles. The molecule has 0 aromatic heterocycles. The van der Waals surface area contributed by atoms with Crippen LogP contribution in [0.15, 0.2) is 97.1 Å². The van der Waals surface area contributed by atoms with Gasteiger partial charge < -0.3 is 10.2 Å². The van der Waals surface area contributed by atoms with Gasteiger partial charge in [-0.15, -0.1) is 0 Å². The van der Waals surface area contributed by atoms with Crippen molar-refractivity contribution >= 4 is 55.7 Å². The first kappa shape index (κ1) is 35.5. The minimum atomic E-state index is -1.35. The van der Waals surface area contributed by atoms with E-state index in [-0.39, 0.29) is 10.8 Å². The summed E-state index contributed by atoms with van der Waals surface area (Å²) in [5.41, 5.74) is 2.64. The van der Waals surface area contributed by atoms with Gasteiger partial charge in [-0.05, 0) is 66.5 Å². The van der Waals surface area contributed by atoms with Gasteiger partial charge in [0.15, 0.2) is 11.5 Å². The van der Waals surface area contributed by atoms with Crippen LogP contribution < -0.4 is 21.2 Å². The van der Waals surface area contributed by atoms with Gasteiger partial charge in [-0.3, -0.25) is 0 Å². The van der Waals surface area contributed by atoms with Crippen LogP contribution in [0.5, 0.6) is 11.5 Å². The second-order valence-electron chi connectivity index (χ2n) is 13.7. The molecule has 232 valence electrons. The normalized spacial score (nSPS) is 18.2. The zero-order valence-corrected chi connectivity index (χ0v) is 31.7. The van der Waals surface area contributed by atoms with E-state index >= 15 is 0 Å². The molecule has 0 spiro atoms. The first-order chi connectivity index (χ1) is 20.9. The fraction of sp³-hybridized carbons (Fsp3) is 0.351. The molecule has 1 aliphatic rings. The summed E-state index contributed by atoms with van der Waals surface area (Å²) in [6.45, 7) is 13.1. The topological polar surface area (TPSA) is 40.5 Å². The first-order valence-electron chi connectivity index (χ1n) is 15.4. The molecule has 44 heavy (non-hydrogen) atoms. The molecule has 0 radical (unpaired) electrons. The van der Waals surface area contributed by atoms with Gasteiger partial charge in [0.05, 0.1) is 26.5 Å². The number of rotatable bonds is 6. The molecule has 0 saturated heterocycles. The summed E-state index contributed by atoms with van der Waals surface area (Å²) >= 11 is -0.556. The summed E-state index contributed by atoms with van der Waals surface area (Å²) in [7, 11) is 7.07. The fourth-order valence-electron chi connectivity index (χ4n) is 6.76. The van der Waals surface area contributed by atoms with Crippen molar-refractivity contribution in [3.8, 4) is 11.5 Å². The van der Waals surface area contributed by atoms with Crippen molar-refractivity contribution in [3.05, 3.63) is 108 Å². The van der Waals surface area contributed by atoms with Gasteiger partial charge in [0.1, 0.15) is 21.9 Å². The van der Waals surface area contributed by atoms with Crippen LogP contribution in [0.25, 0.3) is 0 Å². The predicted octanol–water partition coefficient (Wildman–Crippen LogP) is 9.02. The summed E-state index contributed by atoms with van der Waals surface area (Å²) in [5, 5.41) is 28.7. The van der Waals surface area contributed by atoms with Gasteiger partial charge in [-0.25, -0.2) is 0 Å². The monoisotopic (exact) mass is 702 g/mol. The third-order valence-corrected chi connectivity index (χ3v) is 15.8. The van der Waals surface area contributed by atoms with E-state index in [1.54, 1.807) is 0 Å². The van der Waals surface area contributed by atoms with Crippen LogP contribution in [0.2, 0.25) is 0 Å². The molecular weight excluding hydrogens is 657 g/mol. The summed E-state index contributed by atoms with van der Waals surface area (Å²) in [4.78, 5) is 0. The van der Waals surface area contributed by atoms with Gasteiger partial charge >= 0.3 is 35.6 Å². The van der Waals surface area contributed by atoms with Crippen LogP contribution in [0.1, 0.15) is 71.9 Å². The van der Waals surface area contributed by atoms with Crippen LogP contribution >= 0.6 is 34.5 Å². The third-order valence-electron chi connectivity index (χ3n) is 8.70. The number of phenolic OH excluding ortho intramolecular Hbond substituents is 2.